The van der Waals surface area contributed by atoms with E-state index in [2.05, 4.69) is 45.0 Å². The quantitative estimate of drug-likeness (QED) is 0.617. The van der Waals surface area contributed by atoms with Crippen LogP contribution >= 0.6 is 0 Å². The topological polar surface area (TPSA) is 32.8 Å². The van der Waals surface area contributed by atoms with Crippen LogP contribution in [-0.4, -0.2) is 37.7 Å². The maximum atomic E-state index is 12.9. The first-order chi connectivity index (χ1) is 13.3. The average molecular weight is 381 g/mol. The van der Waals surface area contributed by atoms with Crippen molar-refractivity contribution < 1.29 is 9.53 Å². The number of para-hydroxylation sites is 1. The third-order valence-corrected chi connectivity index (χ3v) is 4.60. The summed E-state index contributed by atoms with van der Waals surface area (Å²) in [5, 5.41) is 0. The van der Waals surface area contributed by atoms with E-state index in [1.54, 1.807) is 4.90 Å². The van der Waals surface area contributed by atoms with Gasteiger partial charge in [0.15, 0.2) is 0 Å². The number of hydrogen-bond donors (Lipinski definition) is 0. The molecule has 2 rings (SSSR count). The number of benzene rings is 2. The minimum Gasteiger partial charge on any atom is -0.410 e. The molecule has 28 heavy (non-hydrogen) atoms. The van der Waals surface area contributed by atoms with E-state index in [1.807, 2.05) is 62.4 Å². The molecule has 0 unspecified atom stereocenters. The SMILES string of the molecule is C/C=C(/c1cccc(OC(=O)N(c2ccccc2)C(C)C)c1)[C@H](C)CN(C)C. The summed E-state index contributed by atoms with van der Waals surface area (Å²) in [4.78, 5) is 16.7. The minimum atomic E-state index is -0.373. The lowest BCUT2D eigenvalue weighted by molar-refractivity contribution is 0.206. The molecule has 4 nitrogen and oxygen atoms in total. The van der Waals surface area contributed by atoms with Gasteiger partial charge in [0.1, 0.15) is 5.75 Å². The highest BCUT2D eigenvalue weighted by Gasteiger charge is 2.21. The number of anilines is 1. The van der Waals surface area contributed by atoms with Crippen LogP contribution in [0.15, 0.2) is 60.7 Å². The molecule has 0 N–H and O–H groups in total. The van der Waals surface area contributed by atoms with Gasteiger partial charge >= 0.3 is 6.09 Å². The predicted molar refractivity (Wildman–Crippen MR) is 118 cm³/mol. The highest BCUT2D eigenvalue weighted by molar-refractivity contribution is 5.89. The molecule has 0 aliphatic carbocycles. The molecule has 0 fully saturated rings. The molecule has 1 atom stereocenters. The molecule has 0 saturated carbocycles. The van der Waals surface area contributed by atoms with Gasteiger partial charge in [0, 0.05) is 18.3 Å². The molecular formula is C24H32N2O2. The molecule has 4 heteroatoms. The third-order valence-electron chi connectivity index (χ3n) is 4.60. The van der Waals surface area contributed by atoms with E-state index in [1.165, 1.54) is 5.57 Å². The van der Waals surface area contributed by atoms with Gasteiger partial charge < -0.3 is 9.64 Å². The zero-order chi connectivity index (χ0) is 20.7. The van der Waals surface area contributed by atoms with Gasteiger partial charge in [-0.25, -0.2) is 4.79 Å². The van der Waals surface area contributed by atoms with E-state index in [4.69, 9.17) is 4.74 Å². The summed E-state index contributed by atoms with van der Waals surface area (Å²) >= 11 is 0. The van der Waals surface area contributed by atoms with Crippen LogP contribution in [0.2, 0.25) is 0 Å². The highest BCUT2D eigenvalue weighted by Crippen LogP contribution is 2.27. The molecule has 2 aromatic carbocycles. The lowest BCUT2D eigenvalue weighted by atomic mass is 9.93. The number of carbonyl (C=O) groups excluding carboxylic acids is 1. The Morgan fingerprint density at radius 3 is 2.29 bits per heavy atom. The van der Waals surface area contributed by atoms with E-state index in [9.17, 15) is 4.79 Å². The largest absolute Gasteiger partial charge is 0.419 e. The van der Waals surface area contributed by atoms with Crippen LogP contribution in [0, 0.1) is 5.92 Å². The van der Waals surface area contributed by atoms with Crippen LogP contribution < -0.4 is 9.64 Å². The van der Waals surface area contributed by atoms with Crippen LogP contribution in [0.1, 0.15) is 33.3 Å². The molecule has 0 saturated heterocycles. The molecule has 0 aromatic heterocycles. The van der Waals surface area contributed by atoms with E-state index >= 15 is 0 Å². The van der Waals surface area contributed by atoms with Gasteiger partial charge in [0.05, 0.1) is 0 Å². The average Bonchev–Trinajstić information content (AvgIpc) is 2.62. The molecule has 2 aromatic rings. The van der Waals surface area contributed by atoms with Crippen molar-refractivity contribution >= 4 is 17.4 Å². The number of allylic oxidation sites excluding steroid dienone is 1. The lowest BCUT2D eigenvalue weighted by Gasteiger charge is -2.26. The van der Waals surface area contributed by atoms with Crippen molar-refractivity contribution in [2.24, 2.45) is 5.92 Å². The third kappa shape index (κ3) is 5.70. The van der Waals surface area contributed by atoms with Gasteiger partial charge in [-0.1, -0.05) is 43.3 Å². The fourth-order valence-corrected chi connectivity index (χ4v) is 3.47. The van der Waals surface area contributed by atoms with Crippen molar-refractivity contribution in [2.75, 3.05) is 25.5 Å². The molecule has 0 heterocycles. The summed E-state index contributed by atoms with van der Waals surface area (Å²) in [6.45, 7) is 9.18. The Kier molecular flexibility index (Phi) is 7.82. The molecule has 0 bridgehead atoms. The van der Waals surface area contributed by atoms with Crippen LogP contribution in [-0.2, 0) is 0 Å². The van der Waals surface area contributed by atoms with E-state index in [-0.39, 0.29) is 12.1 Å². The van der Waals surface area contributed by atoms with Gasteiger partial charge in [-0.2, -0.15) is 0 Å². The van der Waals surface area contributed by atoms with E-state index in [0.717, 1.165) is 17.8 Å². The molecule has 150 valence electrons. The van der Waals surface area contributed by atoms with Gasteiger partial charge in [-0.3, -0.25) is 4.90 Å². The summed E-state index contributed by atoms with van der Waals surface area (Å²) in [6, 6.07) is 17.4. The number of hydrogen-bond acceptors (Lipinski definition) is 3. The van der Waals surface area contributed by atoms with E-state index in [0.29, 0.717) is 11.7 Å². The van der Waals surface area contributed by atoms with E-state index < -0.39 is 0 Å². The molecule has 0 spiro atoms. The van der Waals surface area contributed by atoms with Crippen LogP contribution in [0.5, 0.6) is 5.75 Å². The zero-order valence-corrected chi connectivity index (χ0v) is 17.8. The zero-order valence-electron chi connectivity index (χ0n) is 17.8. The molecule has 1 amide bonds. The Hall–Kier alpha value is -2.59. The first kappa shape index (κ1) is 21.7. The smallest absolute Gasteiger partial charge is 0.410 e. The number of amides is 1. The normalized spacial score (nSPS) is 12.9. The number of rotatable bonds is 7. The maximum absolute atomic E-state index is 12.9. The lowest BCUT2D eigenvalue weighted by Crippen LogP contribution is -2.39. The maximum Gasteiger partial charge on any atom is 0.419 e. The number of ether oxygens (including phenoxy) is 1. The van der Waals surface area contributed by atoms with Gasteiger partial charge in [0.2, 0.25) is 0 Å². The Morgan fingerprint density at radius 2 is 1.71 bits per heavy atom. The fourth-order valence-electron chi connectivity index (χ4n) is 3.47. The standard InChI is InChI=1S/C24H32N2O2/c1-7-23(19(4)17-25(5)6)20-12-11-15-22(16-20)28-24(27)26(18(2)3)21-13-9-8-10-14-21/h7-16,18-19H,17H2,1-6H3/b23-7+/t19-/m1/s1. The van der Waals surface area contributed by atoms with Crippen molar-refractivity contribution in [2.45, 2.75) is 33.7 Å². The van der Waals surface area contributed by atoms with Crippen molar-refractivity contribution in [1.29, 1.82) is 0 Å². The van der Waals surface area contributed by atoms with Crippen LogP contribution in [0.4, 0.5) is 10.5 Å². The van der Waals surface area contributed by atoms with Crippen molar-refractivity contribution in [1.82, 2.24) is 4.90 Å². The van der Waals surface area contributed by atoms with Crippen molar-refractivity contribution in [3.8, 4) is 5.75 Å². The number of nitrogens with zero attached hydrogens (tertiary/aromatic N) is 2. The summed E-state index contributed by atoms with van der Waals surface area (Å²) < 4.78 is 5.74. The second kappa shape index (κ2) is 10.1. The predicted octanol–water partition coefficient (Wildman–Crippen LogP) is 5.70. The van der Waals surface area contributed by atoms with Gasteiger partial charge in [-0.15, -0.1) is 0 Å². The van der Waals surface area contributed by atoms with Crippen molar-refractivity contribution in [3.63, 3.8) is 0 Å². The Balaban J connectivity index is 2.22. The van der Waals surface area contributed by atoms with Crippen LogP contribution in [0.3, 0.4) is 0 Å². The van der Waals surface area contributed by atoms with Gasteiger partial charge in [-0.05, 0) is 76.2 Å². The first-order valence-electron chi connectivity index (χ1n) is 9.81. The molecular weight excluding hydrogens is 348 g/mol. The first-order valence-corrected chi connectivity index (χ1v) is 9.81. The Labute approximate surface area is 169 Å². The number of carbonyl (C=O) groups is 1. The fraction of sp³-hybridized carbons (Fsp3) is 0.375. The highest BCUT2D eigenvalue weighted by atomic mass is 16.6. The summed E-state index contributed by atoms with van der Waals surface area (Å²) in [6.07, 6.45) is 1.76. The summed E-state index contributed by atoms with van der Waals surface area (Å²) in [5.41, 5.74) is 3.15. The Bertz CT molecular complexity index is 797. The van der Waals surface area contributed by atoms with Gasteiger partial charge in [0.25, 0.3) is 0 Å². The Morgan fingerprint density at radius 1 is 1.04 bits per heavy atom. The summed E-state index contributed by atoms with van der Waals surface area (Å²) in [7, 11) is 4.15. The summed E-state index contributed by atoms with van der Waals surface area (Å²) in [5.74, 6) is 0.933. The minimum absolute atomic E-state index is 0.00991. The molecule has 0 aliphatic heterocycles. The molecule has 0 radical (unpaired) electrons. The monoisotopic (exact) mass is 380 g/mol. The second-order valence-corrected chi connectivity index (χ2v) is 7.60. The van der Waals surface area contributed by atoms with Crippen LogP contribution in [0.25, 0.3) is 5.57 Å². The second-order valence-electron chi connectivity index (χ2n) is 7.60. The van der Waals surface area contributed by atoms with Crippen molar-refractivity contribution in [3.05, 3.63) is 66.2 Å². The molecule has 0 aliphatic rings.